The maximum absolute atomic E-state index is 12.6. The number of thioether (sulfide) groups is 1. The summed E-state index contributed by atoms with van der Waals surface area (Å²) in [5.41, 5.74) is 3.85. The predicted molar refractivity (Wildman–Crippen MR) is 123 cm³/mol. The van der Waals surface area contributed by atoms with Crippen LogP contribution in [-0.4, -0.2) is 38.3 Å². The predicted octanol–water partition coefficient (Wildman–Crippen LogP) is 4.41. The minimum atomic E-state index is -0.0976. The van der Waals surface area contributed by atoms with Crippen LogP contribution >= 0.6 is 11.8 Å². The van der Waals surface area contributed by atoms with Gasteiger partial charge in [-0.05, 0) is 55.3 Å². The molecule has 0 saturated heterocycles. The first-order valence-electron chi connectivity index (χ1n) is 9.80. The fraction of sp³-hybridized carbons (Fsp3) is 0.174. The fourth-order valence-electron chi connectivity index (χ4n) is 3.22. The van der Waals surface area contributed by atoms with Crippen LogP contribution < -0.4 is 10.1 Å². The van der Waals surface area contributed by atoms with E-state index >= 15 is 0 Å². The number of ether oxygens (including phenoxy) is 1. The van der Waals surface area contributed by atoms with Crippen LogP contribution in [0, 0.1) is 13.8 Å². The number of rotatable bonds is 7. The number of para-hydroxylation sites is 1. The Bertz CT molecular complexity index is 1200. The number of methoxy groups -OCH3 is 1. The molecule has 31 heavy (non-hydrogen) atoms. The van der Waals surface area contributed by atoms with Crippen LogP contribution in [0.25, 0.3) is 11.4 Å². The molecule has 8 heteroatoms. The van der Waals surface area contributed by atoms with E-state index in [1.165, 1.54) is 11.8 Å². The molecule has 4 aromatic rings. The number of aromatic nitrogens is 4. The van der Waals surface area contributed by atoms with Crippen LogP contribution in [0.3, 0.4) is 0 Å². The number of amides is 1. The topological polar surface area (TPSA) is 74.0 Å². The number of hydrogen-bond acceptors (Lipinski definition) is 5. The smallest absolute Gasteiger partial charge is 0.234 e. The molecule has 0 spiro atoms. The Kier molecular flexibility index (Phi) is 6.08. The molecule has 0 aliphatic carbocycles. The number of benzene rings is 2. The molecule has 0 aliphatic heterocycles. The highest BCUT2D eigenvalue weighted by atomic mass is 32.2. The van der Waals surface area contributed by atoms with Gasteiger partial charge < -0.3 is 10.1 Å². The van der Waals surface area contributed by atoms with Crippen LogP contribution in [0.5, 0.6) is 5.75 Å². The maximum Gasteiger partial charge on any atom is 0.234 e. The molecule has 1 N–H and O–H groups in total. The number of nitrogens with zero attached hydrogens (tertiary/aromatic N) is 4. The van der Waals surface area contributed by atoms with Crippen LogP contribution in [0.4, 0.5) is 5.69 Å². The standard InChI is InChI=1S/C23H23N5O2S/c1-16-9-8-11-19(17(16)2)24-21(29)15-31-23-26-25-22(28(23)27-13-6-7-14-27)18-10-4-5-12-20(18)30-3/h4-14H,15H2,1-3H3,(H,24,29). The molecule has 158 valence electrons. The van der Waals surface area contributed by atoms with Gasteiger partial charge in [0.2, 0.25) is 11.1 Å². The summed E-state index contributed by atoms with van der Waals surface area (Å²) >= 11 is 1.33. The molecule has 0 fully saturated rings. The Morgan fingerprint density at radius 2 is 1.81 bits per heavy atom. The number of hydrogen-bond donors (Lipinski definition) is 1. The molecular weight excluding hydrogens is 410 g/mol. The van der Waals surface area contributed by atoms with Crippen molar-refractivity contribution >= 4 is 23.4 Å². The van der Waals surface area contributed by atoms with Crippen molar-refractivity contribution in [1.82, 2.24) is 19.5 Å². The van der Waals surface area contributed by atoms with E-state index in [0.29, 0.717) is 16.7 Å². The summed E-state index contributed by atoms with van der Waals surface area (Å²) in [5.74, 6) is 1.44. The maximum atomic E-state index is 12.6. The third kappa shape index (κ3) is 4.34. The number of carbonyl (C=O) groups excluding carboxylic acids is 1. The summed E-state index contributed by atoms with van der Waals surface area (Å²) < 4.78 is 9.26. The Hall–Kier alpha value is -3.52. The number of nitrogens with one attached hydrogen (secondary N) is 1. The van der Waals surface area contributed by atoms with Crippen molar-refractivity contribution in [1.29, 1.82) is 0 Å². The lowest BCUT2D eigenvalue weighted by molar-refractivity contribution is -0.113. The first-order valence-corrected chi connectivity index (χ1v) is 10.8. The van der Waals surface area contributed by atoms with E-state index in [1.807, 2.05) is 90.2 Å². The van der Waals surface area contributed by atoms with E-state index in [2.05, 4.69) is 15.5 Å². The summed E-state index contributed by atoms with van der Waals surface area (Å²) in [4.78, 5) is 12.6. The summed E-state index contributed by atoms with van der Waals surface area (Å²) in [5, 5.41) is 12.3. The van der Waals surface area contributed by atoms with E-state index in [1.54, 1.807) is 7.11 Å². The molecule has 0 radical (unpaired) electrons. The molecule has 0 atom stereocenters. The Labute approximate surface area is 185 Å². The first-order chi connectivity index (χ1) is 15.1. The molecule has 2 heterocycles. The van der Waals surface area contributed by atoms with Gasteiger partial charge in [-0.25, -0.2) is 4.68 Å². The van der Waals surface area contributed by atoms with Gasteiger partial charge in [0.1, 0.15) is 5.75 Å². The van der Waals surface area contributed by atoms with Crippen LogP contribution in [-0.2, 0) is 4.79 Å². The molecule has 0 unspecified atom stereocenters. The van der Waals surface area contributed by atoms with Crippen molar-refractivity contribution in [3.63, 3.8) is 0 Å². The molecule has 0 saturated carbocycles. The lowest BCUT2D eigenvalue weighted by atomic mass is 10.1. The highest BCUT2D eigenvalue weighted by Crippen LogP contribution is 2.31. The van der Waals surface area contributed by atoms with Gasteiger partial charge in [-0.1, -0.05) is 36.0 Å². The van der Waals surface area contributed by atoms with Gasteiger partial charge in [-0.15, -0.1) is 10.2 Å². The Balaban J connectivity index is 1.60. The molecule has 2 aromatic carbocycles. The lowest BCUT2D eigenvalue weighted by Gasteiger charge is -2.13. The van der Waals surface area contributed by atoms with E-state index < -0.39 is 0 Å². The molecule has 7 nitrogen and oxygen atoms in total. The van der Waals surface area contributed by atoms with Gasteiger partial charge in [0.15, 0.2) is 5.82 Å². The number of carbonyl (C=O) groups is 1. The highest BCUT2D eigenvalue weighted by molar-refractivity contribution is 7.99. The third-order valence-electron chi connectivity index (χ3n) is 4.99. The molecule has 0 aliphatic rings. The Morgan fingerprint density at radius 3 is 2.58 bits per heavy atom. The fourth-order valence-corrected chi connectivity index (χ4v) is 3.96. The first kappa shape index (κ1) is 20.7. The summed E-state index contributed by atoms with van der Waals surface area (Å²) in [7, 11) is 1.63. The highest BCUT2D eigenvalue weighted by Gasteiger charge is 2.19. The van der Waals surface area contributed by atoms with Crippen LogP contribution in [0.2, 0.25) is 0 Å². The van der Waals surface area contributed by atoms with E-state index in [9.17, 15) is 4.79 Å². The van der Waals surface area contributed by atoms with Gasteiger partial charge in [0.05, 0.1) is 18.4 Å². The normalized spacial score (nSPS) is 10.8. The van der Waals surface area contributed by atoms with Gasteiger partial charge in [0, 0.05) is 18.1 Å². The molecule has 1 amide bonds. The molecular formula is C23H23N5O2S. The zero-order chi connectivity index (χ0) is 21.8. The third-order valence-corrected chi connectivity index (χ3v) is 5.91. The van der Waals surface area contributed by atoms with Gasteiger partial charge >= 0.3 is 0 Å². The van der Waals surface area contributed by atoms with Crippen LogP contribution in [0.1, 0.15) is 11.1 Å². The van der Waals surface area contributed by atoms with Crippen molar-refractivity contribution in [2.75, 3.05) is 18.2 Å². The van der Waals surface area contributed by atoms with Crippen LogP contribution in [0.15, 0.2) is 72.1 Å². The van der Waals surface area contributed by atoms with E-state index in [0.717, 1.165) is 22.4 Å². The van der Waals surface area contributed by atoms with Crippen molar-refractivity contribution < 1.29 is 9.53 Å². The second-order valence-electron chi connectivity index (χ2n) is 6.97. The van der Waals surface area contributed by atoms with Crippen molar-refractivity contribution in [2.24, 2.45) is 0 Å². The zero-order valence-corrected chi connectivity index (χ0v) is 18.4. The van der Waals surface area contributed by atoms with E-state index in [4.69, 9.17) is 4.74 Å². The van der Waals surface area contributed by atoms with Gasteiger partial charge in [-0.2, -0.15) is 0 Å². The summed E-state index contributed by atoms with van der Waals surface area (Å²) in [6, 6.07) is 17.4. The minimum Gasteiger partial charge on any atom is -0.496 e. The van der Waals surface area contributed by atoms with Crippen molar-refractivity contribution in [2.45, 2.75) is 19.0 Å². The number of anilines is 1. The average molecular weight is 434 g/mol. The van der Waals surface area contributed by atoms with Gasteiger partial charge in [0.25, 0.3) is 0 Å². The summed E-state index contributed by atoms with van der Waals surface area (Å²) in [6.07, 6.45) is 3.81. The summed E-state index contributed by atoms with van der Waals surface area (Å²) in [6.45, 7) is 4.03. The Morgan fingerprint density at radius 1 is 1.03 bits per heavy atom. The molecule has 4 rings (SSSR count). The second-order valence-corrected chi connectivity index (χ2v) is 7.91. The number of aryl methyl sites for hydroxylation is 1. The van der Waals surface area contributed by atoms with E-state index in [-0.39, 0.29) is 11.7 Å². The second kappa shape index (κ2) is 9.09. The SMILES string of the molecule is COc1ccccc1-c1nnc(SCC(=O)Nc2cccc(C)c2C)n1-n1cccc1. The zero-order valence-electron chi connectivity index (χ0n) is 17.6. The largest absolute Gasteiger partial charge is 0.496 e. The monoisotopic (exact) mass is 433 g/mol. The van der Waals surface area contributed by atoms with Crippen molar-refractivity contribution in [3.8, 4) is 17.1 Å². The molecule has 2 aromatic heterocycles. The quantitative estimate of drug-likeness (QED) is 0.437. The van der Waals surface area contributed by atoms with Crippen molar-refractivity contribution in [3.05, 3.63) is 78.1 Å². The lowest BCUT2D eigenvalue weighted by Crippen LogP contribution is -2.16. The minimum absolute atomic E-state index is 0.0976. The van der Waals surface area contributed by atoms with Gasteiger partial charge in [-0.3, -0.25) is 9.47 Å². The molecule has 0 bridgehead atoms. The average Bonchev–Trinajstić information content (AvgIpc) is 3.45.